The monoisotopic (exact) mass is 272 g/mol. The molecule has 86 valence electrons. The van der Waals surface area contributed by atoms with Gasteiger partial charge in [-0.2, -0.15) is 0 Å². The molecule has 2 nitrogen and oxygen atoms in total. The van der Waals surface area contributed by atoms with Crippen LogP contribution in [0.25, 0.3) is 0 Å². The van der Waals surface area contributed by atoms with Crippen molar-refractivity contribution >= 4 is 34.3 Å². The van der Waals surface area contributed by atoms with Gasteiger partial charge in [0.05, 0.1) is 10.4 Å². The maximum Gasteiger partial charge on any atom is 0.0931 e. The summed E-state index contributed by atoms with van der Waals surface area (Å²) in [4.78, 5) is 2.44. The molecule has 5 heteroatoms. The average molecular weight is 273 g/mol. The normalized spacial score (nSPS) is 12.9. The molecule has 0 fully saturated rings. The molecule has 16 heavy (non-hydrogen) atoms. The quantitative estimate of drug-likeness (QED) is 0.660. The van der Waals surface area contributed by atoms with E-state index in [0.29, 0.717) is 0 Å². The lowest BCUT2D eigenvalue weighted by Gasteiger charge is -2.14. The van der Waals surface area contributed by atoms with Crippen molar-refractivity contribution in [3.05, 3.63) is 43.2 Å². The van der Waals surface area contributed by atoms with Crippen molar-refractivity contribution in [2.24, 2.45) is 5.84 Å². The molecule has 3 N–H and O–H groups in total. The van der Waals surface area contributed by atoms with Crippen LogP contribution in [0.5, 0.6) is 0 Å². The lowest BCUT2D eigenvalue weighted by Crippen LogP contribution is -2.28. The van der Waals surface area contributed by atoms with Crippen LogP contribution in [0.4, 0.5) is 0 Å². The van der Waals surface area contributed by atoms with Crippen LogP contribution in [0.15, 0.2) is 23.6 Å². The van der Waals surface area contributed by atoms with Crippen molar-refractivity contribution < 1.29 is 0 Å². The molecule has 2 heterocycles. The van der Waals surface area contributed by atoms with Gasteiger partial charge in [0.15, 0.2) is 0 Å². The highest BCUT2D eigenvalue weighted by Crippen LogP contribution is 2.34. The summed E-state index contributed by atoms with van der Waals surface area (Å²) in [6, 6.07) is 6.15. The lowest BCUT2D eigenvalue weighted by molar-refractivity contribution is 0.651. The molecule has 0 radical (unpaired) electrons. The summed E-state index contributed by atoms with van der Waals surface area (Å²) < 4.78 is 0.796. The first-order valence-electron chi connectivity index (χ1n) is 5.04. The molecule has 0 spiro atoms. The molecule has 0 saturated carbocycles. The van der Waals surface area contributed by atoms with Crippen LogP contribution in [0.1, 0.15) is 28.3 Å². The van der Waals surface area contributed by atoms with E-state index in [1.54, 1.807) is 22.7 Å². The minimum atomic E-state index is 0.0625. The van der Waals surface area contributed by atoms with E-state index in [4.69, 9.17) is 17.4 Å². The molecule has 0 bridgehead atoms. The summed E-state index contributed by atoms with van der Waals surface area (Å²) >= 11 is 9.25. The second-order valence-corrected chi connectivity index (χ2v) is 6.10. The van der Waals surface area contributed by atoms with E-state index in [1.807, 2.05) is 12.1 Å². The van der Waals surface area contributed by atoms with Gasteiger partial charge in [-0.3, -0.25) is 5.84 Å². The van der Waals surface area contributed by atoms with Crippen molar-refractivity contribution in [1.29, 1.82) is 0 Å². The van der Waals surface area contributed by atoms with Gasteiger partial charge in [0, 0.05) is 9.75 Å². The fraction of sp³-hybridized carbons (Fsp3) is 0.273. The van der Waals surface area contributed by atoms with Crippen molar-refractivity contribution in [2.45, 2.75) is 19.4 Å². The second kappa shape index (κ2) is 5.29. The number of aryl methyl sites for hydroxylation is 1. The summed E-state index contributed by atoms with van der Waals surface area (Å²) in [5.41, 5.74) is 4.22. The fourth-order valence-electron chi connectivity index (χ4n) is 1.66. The molecule has 0 aliphatic rings. The minimum Gasteiger partial charge on any atom is -0.271 e. The summed E-state index contributed by atoms with van der Waals surface area (Å²) in [6.07, 6.45) is 1.02. The maximum absolute atomic E-state index is 5.95. The molecule has 0 amide bonds. The molecular formula is C11H13ClN2S2. The van der Waals surface area contributed by atoms with E-state index in [9.17, 15) is 0 Å². The Morgan fingerprint density at radius 1 is 1.44 bits per heavy atom. The van der Waals surface area contributed by atoms with Crippen molar-refractivity contribution in [3.63, 3.8) is 0 Å². The van der Waals surface area contributed by atoms with Crippen LogP contribution in [0, 0.1) is 0 Å². The van der Waals surface area contributed by atoms with Crippen molar-refractivity contribution in [3.8, 4) is 0 Å². The third kappa shape index (κ3) is 2.31. The number of rotatable bonds is 4. The molecule has 0 aliphatic carbocycles. The fourth-order valence-corrected chi connectivity index (χ4v) is 3.94. The first kappa shape index (κ1) is 12.1. The highest BCUT2D eigenvalue weighted by Gasteiger charge is 2.18. The molecule has 2 aromatic heterocycles. The molecule has 1 atom stereocenters. The van der Waals surface area contributed by atoms with Crippen molar-refractivity contribution in [2.75, 3.05) is 0 Å². The Labute approximate surface area is 108 Å². The molecule has 0 aliphatic heterocycles. The van der Waals surface area contributed by atoms with Gasteiger partial charge in [0.2, 0.25) is 0 Å². The first-order valence-corrected chi connectivity index (χ1v) is 7.11. The van der Waals surface area contributed by atoms with Crippen LogP contribution in [-0.2, 0) is 6.42 Å². The number of nitrogens with one attached hydrogen (secondary N) is 1. The Balaban J connectivity index is 2.36. The molecule has 2 aromatic rings. The summed E-state index contributed by atoms with van der Waals surface area (Å²) in [5, 5.41) is 2.10. The van der Waals surface area contributed by atoms with Crippen LogP contribution >= 0.6 is 34.3 Å². The van der Waals surface area contributed by atoms with E-state index in [1.165, 1.54) is 10.4 Å². The standard InChI is InChI=1S/C11H13ClN2S2/c1-2-7-5-6-15-11(7)10(14-13)8-3-4-9(12)16-8/h3-6,10,14H,2,13H2,1H3. The second-order valence-electron chi connectivity index (χ2n) is 3.41. The minimum absolute atomic E-state index is 0.0625. The van der Waals surface area contributed by atoms with E-state index in [2.05, 4.69) is 23.8 Å². The van der Waals surface area contributed by atoms with E-state index < -0.39 is 0 Å². The molecule has 2 rings (SSSR count). The zero-order valence-electron chi connectivity index (χ0n) is 8.87. The van der Waals surface area contributed by atoms with Gasteiger partial charge in [-0.15, -0.1) is 22.7 Å². The number of hydrazine groups is 1. The number of hydrogen-bond donors (Lipinski definition) is 2. The summed E-state index contributed by atoms with van der Waals surface area (Å²) in [5.74, 6) is 5.65. The van der Waals surface area contributed by atoms with Gasteiger partial charge >= 0.3 is 0 Å². The Bertz CT molecular complexity index is 464. The van der Waals surface area contributed by atoms with Crippen LogP contribution in [0.2, 0.25) is 4.34 Å². The zero-order chi connectivity index (χ0) is 11.5. The number of nitrogens with two attached hydrogens (primary N) is 1. The first-order chi connectivity index (χ1) is 7.76. The molecule has 0 aromatic carbocycles. The summed E-state index contributed by atoms with van der Waals surface area (Å²) in [6.45, 7) is 2.15. The Hall–Kier alpha value is -0.390. The Kier molecular flexibility index (Phi) is 4.00. The molecule has 0 saturated heterocycles. The Morgan fingerprint density at radius 3 is 2.81 bits per heavy atom. The highest BCUT2D eigenvalue weighted by molar-refractivity contribution is 7.16. The van der Waals surface area contributed by atoms with Crippen molar-refractivity contribution in [1.82, 2.24) is 5.43 Å². The van der Waals surface area contributed by atoms with Crippen LogP contribution in [-0.4, -0.2) is 0 Å². The average Bonchev–Trinajstić information content (AvgIpc) is 2.89. The predicted molar refractivity (Wildman–Crippen MR) is 72.2 cm³/mol. The summed E-state index contributed by atoms with van der Waals surface area (Å²) in [7, 11) is 0. The van der Waals surface area contributed by atoms with E-state index >= 15 is 0 Å². The van der Waals surface area contributed by atoms with E-state index in [0.717, 1.165) is 15.6 Å². The maximum atomic E-state index is 5.95. The zero-order valence-corrected chi connectivity index (χ0v) is 11.3. The van der Waals surface area contributed by atoms with Gasteiger partial charge in [0.1, 0.15) is 0 Å². The number of halogens is 1. The predicted octanol–water partition coefficient (Wildman–Crippen LogP) is 3.58. The third-order valence-electron chi connectivity index (χ3n) is 2.47. The van der Waals surface area contributed by atoms with Gasteiger partial charge in [-0.25, -0.2) is 5.43 Å². The van der Waals surface area contributed by atoms with Gasteiger partial charge < -0.3 is 0 Å². The Morgan fingerprint density at radius 2 is 2.25 bits per heavy atom. The topological polar surface area (TPSA) is 38.0 Å². The van der Waals surface area contributed by atoms with E-state index in [-0.39, 0.29) is 6.04 Å². The smallest absolute Gasteiger partial charge is 0.0931 e. The van der Waals surface area contributed by atoms with Crippen LogP contribution < -0.4 is 11.3 Å². The van der Waals surface area contributed by atoms with Gasteiger partial charge in [-0.05, 0) is 35.6 Å². The van der Waals surface area contributed by atoms with Crippen LogP contribution in [0.3, 0.4) is 0 Å². The molecule has 1 unspecified atom stereocenters. The SMILES string of the molecule is CCc1ccsc1C(NN)c1ccc(Cl)s1. The number of hydrogen-bond acceptors (Lipinski definition) is 4. The molecular weight excluding hydrogens is 260 g/mol. The lowest BCUT2D eigenvalue weighted by atomic mass is 10.1. The highest BCUT2D eigenvalue weighted by atomic mass is 35.5. The largest absolute Gasteiger partial charge is 0.271 e. The third-order valence-corrected chi connectivity index (χ3v) is 4.79. The van der Waals surface area contributed by atoms with Gasteiger partial charge in [0.25, 0.3) is 0 Å². The number of thiophene rings is 2. The van der Waals surface area contributed by atoms with Gasteiger partial charge in [-0.1, -0.05) is 18.5 Å².